The van der Waals surface area contributed by atoms with Gasteiger partial charge in [0, 0.05) is 98.9 Å². The first-order valence-electron chi connectivity index (χ1n) is 36.2. The van der Waals surface area contributed by atoms with E-state index in [1.807, 2.05) is 30.1 Å². The predicted molar refractivity (Wildman–Crippen MR) is 408 cm³/mol. The molecule has 7 heterocycles. The lowest BCUT2D eigenvalue weighted by Crippen LogP contribution is -2.47. The molecule has 3 aromatic heterocycles. The molecule has 107 heavy (non-hydrogen) atoms. The van der Waals surface area contributed by atoms with Gasteiger partial charge in [-0.05, 0) is 191 Å². The van der Waals surface area contributed by atoms with Crippen LogP contribution in [0.1, 0.15) is 173 Å². The van der Waals surface area contributed by atoms with E-state index in [0.29, 0.717) is 56.1 Å². The summed E-state index contributed by atoms with van der Waals surface area (Å²) in [5.41, 5.74) is 11.9. The number of sulfonamides is 1. The van der Waals surface area contributed by atoms with Crippen LogP contribution in [-0.2, 0) is 59.5 Å². The van der Waals surface area contributed by atoms with Crippen molar-refractivity contribution >= 4 is 102 Å². The molecular weight excluding hydrogens is 1500 g/mol. The predicted octanol–water partition coefficient (Wildman–Crippen LogP) is 15.5. The number of amides is 2. The Kier molecular flexibility index (Phi) is 24.7. The van der Waals surface area contributed by atoms with E-state index in [9.17, 15) is 48.8 Å². The summed E-state index contributed by atoms with van der Waals surface area (Å²) in [5, 5.41) is 23.8. The molecule has 5 aromatic carbocycles. The number of benzene rings is 5. The van der Waals surface area contributed by atoms with Gasteiger partial charge in [-0.3, -0.25) is 24.9 Å². The number of halogens is 7. The number of hydrogen-bond donors (Lipinski definition) is 4. The second-order valence-electron chi connectivity index (χ2n) is 28.5. The maximum absolute atomic E-state index is 15.1. The zero-order valence-corrected chi connectivity index (χ0v) is 63.8. The number of carbonyl (C=O) groups is 3. The Morgan fingerprint density at radius 2 is 1.37 bits per heavy atom. The first kappa shape index (κ1) is 77.5. The zero-order valence-electron chi connectivity index (χ0n) is 59.0. The van der Waals surface area contributed by atoms with Crippen molar-refractivity contribution in [2.24, 2.45) is 23.7 Å². The van der Waals surface area contributed by atoms with Gasteiger partial charge in [-0.1, -0.05) is 85.3 Å². The molecule has 4 N–H and O–H groups in total. The Balaban J connectivity index is 0.000000144. The molecule has 18 nitrogen and oxygen atoms in total. The number of ether oxygens (including phenoxy) is 1. The fraction of sp³-hybridized carbons (Fsp3) is 0.410. The molecule has 2 bridgehead atoms. The second-order valence-corrected chi connectivity index (χ2v) is 35.1. The number of esters is 1. The number of aromatic amines is 1. The van der Waals surface area contributed by atoms with Crippen LogP contribution in [0.2, 0.25) is 10.0 Å². The number of carbonyl (C=O) groups excluding carboxylic acids is 3. The molecule has 1 saturated heterocycles. The molecule has 0 radical (unpaired) electrons. The highest BCUT2D eigenvalue weighted by atomic mass is 35.5. The summed E-state index contributed by atoms with van der Waals surface area (Å²) in [5.74, 6) is -2.34. The highest BCUT2D eigenvalue weighted by molar-refractivity contribution is 7.99. The summed E-state index contributed by atoms with van der Waals surface area (Å²) >= 11 is 16.2. The van der Waals surface area contributed by atoms with Crippen molar-refractivity contribution in [3.8, 4) is 11.4 Å². The fourth-order valence-corrected chi connectivity index (χ4v) is 21.7. The molecule has 3 saturated carbocycles. The van der Waals surface area contributed by atoms with Crippen molar-refractivity contribution < 1.29 is 57.9 Å². The van der Waals surface area contributed by atoms with Crippen LogP contribution in [0.3, 0.4) is 0 Å². The van der Waals surface area contributed by atoms with Crippen LogP contribution < -0.4 is 15.5 Å². The molecule has 3 unspecified atom stereocenters. The van der Waals surface area contributed by atoms with Gasteiger partial charge in [0.25, 0.3) is 11.8 Å². The summed E-state index contributed by atoms with van der Waals surface area (Å²) in [7, 11) is -7.27. The number of aromatic nitrogens is 6. The minimum Gasteiger partial charge on any atom is -0.466 e. The molecule has 29 heteroatoms. The van der Waals surface area contributed by atoms with Crippen molar-refractivity contribution in [3.05, 3.63) is 221 Å². The minimum atomic E-state index is -3.74. The van der Waals surface area contributed by atoms with Gasteiger partial charge in [0.05, 0.1) is 51.8 Å². The summed E-state index contributed by atoms with van der Waals surface area (Å²) < 4.78 is 132. The average Bonchev–Trinajstić information content (AvgIpc) is 1.61. The van der Waals surface area contributed by atoms with Crippen molar-refractivity contribution in [2.75, 3.05) is 37.0 Å². The number of hydrazine groups is 1. The van der Waals surface area contributed by atoms with Crippen molar-refractivity contribution in [3.63, 3.8) is 0 Å². The molecule has 2 amide bonds. The van der Waals surface area contributed by atoms with Gasteiger partial charge in [-0.25, -0.2) is 57.9 Å². The molecule has 7 aliphatic rings. The van der Waals surface area contributed by atoms with E-state index < -0.39 is 66.8 Å². The van der Waals surface area contributed by atoms with Gasteiger partial charge in [0.2, 0.25) is 10.0 Å². The summed E-state index contributed by atoms with van der Waals surface area (Å²) in [6.07, 6.45) is 16.0. The van der Waals surface area contributed by atoms with Crippen molar-refractivity contribution in [2.45, 2.75) is 138 Å². The van der Waals surface area contributed by atoms with E-state index >= 15 is 4.39 Å². The Morgan fingerprint density at radius 3 is 2.07 bits per heavy atom. The third kappa shape index (κ3) is 18.5. The number of sulfone groups is 1. The number of nitrogens with one attached hydrogen (secondary N) is 4. The third-order valence-corrected chi connectivity index (χ3v) is 26.6. The van der Waals surface area contributed by atoms with Crippen LogP contribution in [0, 0.1) is 52.8 Å². The first-order valence-corrected chi connectivity index (χ1v) is 42.6. The Labute approximate surface area is 637 Å². The number of piperidine rings is 1. The summed E-state index contributed by atoms with van der Waals surface area (Å²) in [6.45, 7) is 5.56. The molecule has 0 spiro atoms. The third-order valence-electron chi connectivity index (χ3n) is 21.1. The lowest BCUT2D eigenvalue weighted by atomic mass is 9.84. The lowest BCUT2D eigenvalue weighted by molar-refractivity contribution is -0.150. The number of thioether (sulfide) groups is 2. The van der Waals surface area contributed by atoms with Crippen molar-refractivity contribution in [1.82, 2.24) is 50.2 Å². The van der Waals surface area contributed by atoms with Crippen LogP contribution >= 0.6 is 46.7 Å². The van der Waals surface area contributed by atoms with Gasteiger partial charge >= 0.3 is 5.97 Å². The summed E-state index contributed by atoms with van der Waals surface area (Å²) in [6, 6.07) is 26.3. The molecule has 566 valence electrons. The van der Waals surface area contributed by atoms with Crippen LogP contribution in [0.25, 0.3) is 29.1 Å². The number of hydrogen-bond acceptors (Lipinski definition) is 14. The zero-order chi connectivity index (χ0) is 75.3. The summed E-state index contributed by atoms with van der Waals surface area (Å²) in [4.78, 5) is 40.0. The number of H-pyrrole nitrogens is 1. The van der Waals surface area contributed by atoms with Crippen LogP contribution in [0.15, 0.2) is 115 Å². The molecule has 7 atom stereocenters. The monoisotopic (exact) mass is 1580 g/mol. The smallest absolute Gasteiger partial charge is 0.311 e. The highest BCUT2D eigenvalue weighted by Crippen LogP contribution is 2.50. The van der Waals surface area contributed by atoms with Crippen LogP contribution in [0.5, 0.6) is 0 Å². The molecule has 8 aromatic rings. The maximum atomic E-state index is 15.1. The molecule has 15 rings (SSSR count). The van der Waals surface area contributed by atoms with E-state index in [0.717, 1.165) is 127 Å². The van der Waals surface area contributed by atoms with E-state index in [1.54, 1.807) is 83.7 Å². The van der Waals surface area contributed by atoms with Gasteiger partial charge in [-0.2, -0.15) is 38.8 Å². The minimum absolute atomic E-state index is 0.0604. The van der Waals surface area contributed by atoms with E-state index in [4.69, 9.17) is 33.0 Å². The molecule has 4 fully saturated rings. The fourth-order valence-electron chi connectivity index (χ4n) is 16.1. The SMILES string of the molecule is CCOC(=O)[C@@H]1C2CCC(C2)[C@@H]1NC(=O)c1nn(-c2ccc(F)cc2F)c2c1CS(=O)(=O)C[C@@H]2Cc1cccc(F)c1.C[C@@H](NS(=O)(=O)/C=C/c1n[nH]c2c1CSCC2Cc1cccc(F)c1)C1CCCCC1.O=C(NN1CCCCC1)c1nn(-c2ccc(Cl)cc2Cl)c2c1CSC/C2=C\c1ccc(F)cc1. The van der Waals surface area contributed by atoms with Crippen molar-refractivity contribution in [1.29, 1.82) is 0 Å². The van der Waals surface area contributed by atoms with E-state index in [-0.39, 0.29) is 83.0 Å². The number of rotatable bonds is 18. The highest BCUT2D eigenvalue weighted by Gasteiger charge is 2.53. The standard InChI is InChI=1S/C30H30F3N3O5S.C25H23Cl2FN4OS.C23H30FN3O2S2/c1-2-41-30(38)25-17-6-7-18(12-17)26(25)34-29(37)27-22-15-42(39,40)14-19(10-16-4-3-5-20(31)11-16)28(22)36(35-27)24-9-8-21(32)13-23(24)33;26-18-6-9-22(21(27)13-18)32-24-17(12-16-4-7-19(28)8-5-16)14-34-15-20(24)23(29-32)25(33)30-31-10-2-1-3-11-31;1-16(18-7-3-2-4-8-18)27-31(28,29)11-10-22-21-15-30-14-19(23(21)26-25-22)12-17-6-5-9-20(24)13-17/h3-5,8-9,11,13,17-19,25-26H,2,6-7,10,12,14-15H2,1H3,(H,34,37);4-9,12-13H,1-3,10-11,14-15H2,(H,30,33);5-6,9-11,13,16,18-19,27H,2-4,7-8,12,14-15H2,1H3,(H,25,26)/b;17-12+;11-10+/t17?,18?,19-,25+,26-;;16-,19?/m0.1/s1. The average molecular weight is 1580 g/mol. The van der Waals surface area contributed by atoms with Crippen LogP contribution in [-0.4, -0.2) is 118 Å². The maximum Gasteiger partial charge on any atom is 0.311 e. The molecule has 3 aliphatic carbocycles. The Bertz CT molecular complexity index is 4910. The van der Waals surface area contributed by atoms with E-state index in [2.05, 4.69) is 30.8 Å². The normalized spacial score (nSPS) is 21.8. The van der Waals surface area contributed by atoms with Gasteiger partial charge in [-0.15, -0.1) is 0 Å². The van der Waals surface area contributed by atoms with Gasteiger partial charge in [0.15, 0.2) is 27.0 Å². The number of fused-ring (bicyclic) bond motifs is 5. The molecule has 4 aliphatic heterocycles. The lowest BCUT2D eigenvalue weighted by Gasteiger charge is -2.30. The van der Waals surface area contributed by atoms with Crippen LogP contribution in [0.4, 0.5) is 22.0 Å². The van der Waals surface area contributed by atoms with Gasteiger partial charge in [0.1, 0.15) is 29.0 Å². The first-order chi connectivity index (χ1) is 51.4. The largest absolute Gasteiger partial charge is 0.466 e. The Morgan fingerprint density at radius 1 is 0.720 bits per heavy atom. The molecular formula is C78H83Cl2F5N10O8S4. The number of nitrogens with zero attached hydrogens (tertiary/aromatic N) is 6. The van der Waals surface area contributed by atoms with Gasteiger partial charge < -0.3 is 10.1 Å². The second kappa shape index (κ2) is 34.1. The quantitative estimate of drug-likeness (QED) is 0.0462. The Hall–Kier alpha value is -7.63. The van der Waals surface area contributed by atoms with E-state index in [1.165, 1.54) is 78.2 Å². The topological polar surface area (TPSA) is 232 Å².